The highest BCUT2D eigenvalue weighted by Crippen LogP contribution is 2.31. The third kappa shape index (κ3) is 5.09. The zero-order valence-corrected chi connectivity index (χ0v) is 15.7. The predicted molar refractivity (Wildman–Crippen MR) is 102 cm³/mol. The quantitative estimate of drug-likeness (QED) is 0.582. The van der Waals surface area contributed by atoms with Crippen LogP contribution < -0.4 is 10.1 Å². The second kappa shape index (κ2) is 9.04. The lowest BCUT2D eigenvalue weighted by Crippen LogP contribution is -2.16. The number of carbonyl (C=O) groups is 2. The number of anilines is 1. The van der Waals surface area contributed by atoms with E-state index in [-0.39, 0.29) is 6.61 Å². The first-order chi connectivity index (χ1) is 12.4. The maximum atomic E-state index is 12.5. The highest BCUT2D eigenvalue weighted by atomic mass is 16.6. The molecule has 5 heteroatoms. The highest BCUT2D eigenvalue weighted by molar-refractivity contribution is 5.94. The number of benzene rings is 2. The summed E-state index contributed by atoms with van der Waals surface area (Å²) >= 11 is 0. The van der Waals surface area contributed by atoms with Gasteiger partial charge in [-0.05, 0) is 62.1 Å². The number of esters is 1. The van der Waals surface area contributed by atoms with Gasteiger partial charge in [0.1, 0.15) is 0 Å². The lowest BCUT2D eigenvalue weighted by atomic mass is 10.1. The Morgan fingerprint density at radius 3 is 2.35 bits per heavy atom. The fourth-order valence-corrected chi connectivity index (χ4v) is 2.71. The average Bonchev–Trinajstić information content (AvgIpc) is 2.59. The summed E-state index contributed by atoms with van der Waals surface area (Å²) in [5.41, 5.74) is 3.76. The molecule has 0 aliphatic rings. The van der Waals surface area contributed by atoms with Gasteiger partial charge >= 0.3 is 12.1 Å². The van der Waals surface area contributed by atoms with Crippen molar-refractivity contribution < 1.29 is 19.1 Å². The molecular formula is C21H25NO4. The standard InChI is InChI=1S/C21H25NO4/c1-5-7-16-8-10-17(11-9-16)20(23)26-19-15(4)12-14(3)13-18(19)22-21(24)25-6-2/h8-13H,5-7H2,1-4H3,(H,22,24). The van der Waals surface area contributed by atoms with Crippen LogP contribution in [-0.2, 0) is 11.2 Å². The summed E-state index contributed by atoms with van der Waals surface area (Å²) in [6, 6.07) is 11.0. The molecule has 2 aromatic rings. The van der Waals surface area contributed by atoms with E-state index in [4.69, 9.17) is 9.47 Å². The first kappa shape index (κ1) is 19.5. The van der Waals surface area contributed by atoms with Crippen LogP contribution in [0.3, 0.4) is 0 Å². The van der Waals surface area contributed by atoms with E-state index in [1.54, 1.807) is 25.1 Å². The number of amides is 1. The first-order valence-corrected chi connectivity index (χ1v) is 8.80. The number of hydrogen-bond donors (Lipinski definition) is 1. The van der Waals surface area contributed by atoms with Crippen LogP contribution in [0.4, 0.5) is 10.5 Å². The summed E-state index contributed by atoms with van der Waals surface area (Å²) in [5, 5.41) is 2.64. The number of hydrogen-bond acceptors (Lipinski definition) is 4. The minimum Gasteiger partial charge on any atom is -0.450 e. The molecule has 0 aromatic heterocycles. The Morgan fingerprint density at radius 2 is 1.73 bits per heavy atom. The molecule has 0 fully saturated rings. The van der Waals surface area contributed by atoms with Crippen LogP contribution in [0.25, 0.3) is 0 Å². The van der Waals surface area contributed by atoms with E-state index in [9.17, 15) is 9.59 Å². The monoisotopic (exact) mass is 355 g/mol. The molecule has 0 unspecified atom stereocenters. The molecule has 0 bridgehead atoms. The van der Waals surface area contributed by atoms with Gasteiger partial charge in [-0.3, -0.25) is 5.32 Å². The first-order valence-electron chi connectivity index (χ1n) is 8.80. The fraction of sp³-hybridized carbons (Fsp3) is 0.333. The van der Waals surface area contributed by atoms with Gasteiger partial charge in [-0.15, -0.1) is 0 Å². The summed E-state index contributed by atoms with van der Waals surface area (Å²) in [4.78, 5) is 24.3. The molecule has 0 saturated carbocycles. The van der Waals surface area contributed by atoms with Crippen LogP contribution in [0.5, 0.6) is 5.75 Å². The fourth-order valence-electron chi connectivity index (χ4n) is 2.71. The highest BCUT2D eigenvalue weighted by Gasteiger charge is 2.17. The van der Waals surface area contributed by atoms with E-state index in [0.717, 1.165) is 24.0 Å². The Bertz CT molecular complexity index is 781. The molecule has 0 radical (unpaired) electrons. The summed E-state index contributed by atoms with van der Waals surface area (Å²) in [6.45, 7) is 7.83. The molecule has 138 valence electrons. The third-order valence-corrected chi connectivity index (χ3v) is 3.85. The van der Waals surface area contributed by atoms with E-state index in [1.165, 1.54) is 5.56 Å². The maximum absolute atomic E-state index is 12.5. The molecule has 2 aromatic carbocycles. The van der Waals surface area contributed by atoms with E-state index in [0.29, 0.717) is 17.0 Å². The van der Waals surface area contributed by atoms with Crippen LogP contribution in [0.1, 0.15) is 47.3 Å². The second-order valence-electron chi connectivity index (χ2n) is 6.14. The Kier molecular flexibility index (Phi) is 6.78. The van der Waals surface area contributed by atoms with Crippen molar-refractivity contribution in [1.82, 2.24) is 0 Å². The van der Waals surface area contributed by atoms with Gasteiger partial charge in [0, 0.05) is 0 Å². The lowest BCUT2D eigenvalue weighted by molar-refractivity contribution is 0.0734. The molecule has 0 spiro atoms. The number of rotatable bonds is 6. The SMILES string of the molecule is CCCc1ccc(C(=O)Oc2c(C)cc(C)cc2NC(=O)OCC)cc1. The van der Waals surface area contributed by atoms with Crippen molar-refractivity contribution in [3.8, 4) is 5.75 Å². The number of aryl methyl sites for hydroxylation is 3. The molecule has 0 atom stereocenters. The topological polar surface area (TPSA) is 64.6 Å². The van der Waals surface area contributed by atoms with Crippen molar-refractivity contribution in [3.63, 3.8) is 0 Å². The minimum absolute atomic E-state index is 0.260. The van der Waals surface area contributed by atoms with E-state index in [1.807, 2.05) is 32.0 Å². The van der Waals surface area contributed by atoms with Gasteiger partial charge in [-0.1, -0.05) is 31.5 Å². The lowest BCUT2D eigenvalue weighted by Gasteiger charge is -2.15. The van der Waals surface area contributed by atoms with Gasteiger partial charge in [0.15, 0.2) is 5.75 Å². The molecule has 0 heterocycles. The normalized spacial score (nSPS) is 10.3. The van der Waals surface area contributed by atoms with Gasteiger partial charge in [0.25, 0.3) is 0 Å². The largest absolute Gasteiger partial charge is 0.450 e. The third-order valence-electron chi connectivity index (χ3n) is 3.85. The number of ether oxygens (including phenoxy) is 2. The zero-order chi connectivity index (χ0) is 19.1. The Balaban J connectivity index is 2.24. The summed E-state index contributed by atoms with van der Waals surface area (Å²) in [7, 11) is 0. The number of nitrogens with one attached hydrogen (secondary N) is 1. The Hall–Kier alpha value is -2.82. The van der Waals surface area contributed by atoms with Gasteiger partial charge in [-0.2, -0.15) is 0 Å². The van der Waals surface area contributed by atoms with Crippen molar-refractivity contribution in [2.75, 3.05) is 11.9 Å². The van der Waals surface area contributed by atoms with Crippen LogP contribution in [0.15, 0.2) is 36.4 Å². The molecule has 5 nitrogen and oxygen atoms in total. The minimum atomic E-state index is -0.585. The van der Waals surface area contributed by atoms with E-state index in [2.05, 4.69) is 12.2 Å². The predicted octanol–water partition coefficient (Wildman–Crippen LogP) is 5.04. The molecule has 0 saturated heterocycles. The molecular weight excluding hydrogens is 330 g/mol. The van der Waals surface area contributed by atoms with Crippen LogP contribution in [0, 0.1) is 13.8 Å². The number of carbonyl (C=O) groups excluding carboxylic acids is 2. The van der Waals surface area contributed by atoms with E-state index < -0.39 is 12.1 Å². The van der Waals surface area contributed by atoms with Gasteiger partial charge in [-0.25, -0.2) is 9.59 Å². The Labute approximate surface area is 154 Å². The zero-order valence-electron chi connectivity index (χ0n) is 15.7. The van der Waals surface area contributed by atoms with Crippen LogP contribution >= 0.6 is 0 Å². The van der Waals surface area contributed by atoms with Crippen molar-refractivity contribution in [3.05, 3.63) is 58.7 Å². The molecule has 2 rings (SSSR count). The average molecular weight is 355 g/mol. The van der Waals surface area contributed by atoms with Gasteiger partial charge < -0.3 is 9.47 Å². The van der Waals surface area contributed by atoms with Gasteiger partial charge in [0.05, 0.1) is 17.9 Å². The Morgan fingerprint density at radius 1 is 1.04 bits per heavy atom. The summed E-state index contributed by atoms with van der Waals surface area (Å²) < 4.78 is 10.5. The van der Waals surface area contributed by atoms with E-state index >= 15 is 0 Å². The van der Waals surface area contributed by atoms with Crippen molar-refractivity contribution in [1.29, 1.82) is 0 Å². The summed E-state index contributed by atoms with van der Waals surface area (Å²) in [6.07, 6.45) is 1.44. The van der Waals surface area contributed by atoms with Crippen LogP contribution in [0.2, 0.25) is 0 Å². The molecule has 26 heavy (non-hydrogen) atoms. The van der Waals surface area contributed by atoms with Gasteiger partial charge in [0.2, 0.25) is 0 Å². The van der Waals surface area contributed by atoms with Crippen molar-refractivity contribution >= 4 is 17.7 Å². The second-order valence-corrected chi connectivity index (χ2v) is 6.14. The molecule has 1 amide bonds. The molecule has 0 aliphatic carbocycles. The summed E-state index contributed by atoms with van der Waals surface area (Å²) in [5.74, 6) is -0.141. The smallest absolute Gasteiger partial charge is 0.411 e. The van der Waals surface area contributed by atoms with Crippen LogP contribution in [-0.4, -0.2) is 18.7 Å². The molecule has 1 N–H and O–H groups in total. The van der Waals surface area contributed by atoms with Crippen molar-refractivity contribution in [2.45, 2.75) is 40.5 Å². The molecule has 0 aliphatic heterocycles. The maximum Gasteiger partial charge on any atom is 0.411 e. The van der Waals surface area contributed by atoms with Crippen molar-refractivity contribution in [2.24, 2.45) is 0 Å².